The highest BCUT2D eigenvalue weighted by atomic mass is 79.9. The zero-order valence-electron chi connectivity index (χ0n) is 11.7. The van der Waals surface area contributed by atoms with Crippen molar-refractivity contribution in [3.8, 4) is 0 Å². The summed E-state index contributed by atoms with van der Waals surface area (Å²) < 4.78 is 2.16. The average molecular weight is 360 g/mol. The van der Waals surface area contributed by atoms with Crippen LogP contribution in [0.4, 0.5) is 5.69 Å². The highest BCUT2D eigenvalue weighted by molar-refractivity contribution is 9.10. The summed E-state index contributed by atoms with van der Waals surface area (Å²) >= 11 is 4.97. The Labute approximate surface area is 135 Å². The zero-order valence-corrected chi connectivity index (χ0v) is 14.1. The van der Waals surface area contributed by atoms with Gasteiger partial charge in [-0.05, 0) is 54.6 Å². The normalized spacial score (nSPS) is 10.8. The van der Waals surface area contributed by atoms with Gasteiger partial charge in [0.05, 0.1) is 4.88 Å². The Balaban J connectivity index is 1.95. The third-order valence-electron chi connectivity index (χ3n) is 3.49. The number of anilines is 1. The van der Waals surface area contributed by atoms with Gasteiger partial charge >= 0.3 is 0 Å². The molecule has 0 fully saturated rings. The molecule has 0 aliphatic carbocycles. The molecule has 106 valence electrons. The fourth-order valence-corrected chi connectivity index (χ4v) is 3.92. The topological polar surface area (TPSA) is 29.1 Å². The summed E-state index contributed by atoms with van der Waals surface area (Å²) in [7, 11) is 0. The molecule has 0 saturated carbocycles. The number of thiophene rings is 1. The van der Waals surface area contributed by atoms with E-state index in [1.165, 1.54) is 11.3 Å². The quantitative estimate of drug-likeness (QED) is 0.639. The molecule has 1 N–H and O–H groups in total. The van der Waals surface area contributed by atoms with Crippen LogP contribution in [-0.4, -0.2) is 5.91 Å². The lowest BCUT2D eigenvalue weighted by molar-refractivity contribution is 0.103. The second-order valence-corrected chi connectivity index (χ2v) is 6.93. The SMILES string of the molecule is Cc1cc(Br)ccc1NC(=O)c1sc2ccccc2c1C. The minimum Gasteiger partial charge on any atom is -0.321 e. The molecule has 0 aliphatic rings. The van der Waals surface area contributed by atoms with Crippen molar-refractivity contribution in [2.45, 2.75) is 13.8 Å². The molecule has 2 aromatic carbocycles. The van der Waals surface area contributed by atoms with Crippen LogP contribution in [-0.2, 0) is 0 Å². The van der Waals surface area contributed by atoms with Crippen molar-refractivity contribution in [3.05, 3.63) is 62.9 Å². The van der Waals surface area contributed by atoms with Gasteiger partial charge in [-0.2, -0.15) is 0 Å². The number of benzene rings is 2. The Morgan fingerprint density at radius 2 is 1.90 bits per heavy atom. The smallest absolute Gasteiger partial charge is 0.266 e. The van der Waals surface area contributed by atoms with Gasteiger partial charge in [-0.1, -0.05) is 34.1 Å². The molecule has 3 aromatic rings. The van der Waals surface area contributed by atoms with Gasteiger partial charge in [0.25, 0.3) is 5.91 Å². The second-order valence-electron chi connectivity index (χ2n) is 4.97. The van der Waals surface area contributed by atoms with Crippen molar-refractivity contribution in [2.24, 2.45) is 0 Å². The molecule has 0 saturated heterocycles. The molecule has 2 nitrogen and oxygen atoms in total. The first-order valence-electron chi connectivity index (χ1n) is 6.62. The van der Waals surface area contributed by atoms with E-state index in [9.17, 15) is 4.79 Å². The minimum absolute atomic E-state index is 0.0425. The average Bonchev–Trinajstić information content (AvgIpc) is 2.80. The number of amides is 1. The summed E-state index contributed by atoms with van der Waals surface area (Å²) in [6, 6.07) is 14.0. The Morgan fingerprint density at radius 3 is 2.62 bits per heavy atom. The van der Waals surface area contributed by atoms with E-state index in [-0.39, 0.29) is 5.91 Å². The summed E-state index contributed by atoms with van der Waals surface area (Å²) in [5.41, 5.74) is 2.93. The molecule has 21 heavy (non-hydrogen) atoms. The number of aryl methyl sites for hydroxylation is 2. The van der Waals surface area contributed by atoms with Crippen LogP contribution >= 0.6 is 27.3 Å². The highest BCUT2D eigenvalue weighted by Crippen LogP contribution is 2.31. The molecule has 0 unspecified atom stereocenters. The molecule has 0 bridgehead atoms. The summed E-state index contributed by atoms with van der Waals surface area (Å²) in [6.07, 6.45) is 0. The number of carbonyl (C=O) groups is 1. The minimum atomic E-state index is -0.0425. The summed E-state index contributed by atoms with van der Waals surface area (Å²) in [5, 5.41) is 4.16. The lowest BCUT2D eigenvalue weighted by atomic mass is 10.1. The van der Waals surface area contributed by atoms with Crippen molar-refractivity contribution in [1.82, 2.24) is 0 Å². The maximum Gasteiger partial charge on any atom is 0.266 e. The number of carbonyl (C=O) groups excluding carboxylic acids is 1. The molecule has 1 heterocycles. The third-order valence-corrected chi connectivity index (χ3v) is 5.25. The molecule has 4 heteroatoms. The van der Waals surface area contributed by atoms with Gasteiger partial charge in [-0.15, -0.1) is 11.3 Å². The second kappa shape index (κ2) is 5.62. The lowest BCUT2D eigenvalue weighted by Crippen LogP contribution is -2.12. The number of rotatable bonds is 2. The van der Waals surface area contributed by atoms with Crippen LogP contribution in [0.1, 0.15) is 20.8 Å². The number of halogens is 1. The molecule has 0 atom stereocenters. The molecule has 1 aromatic heterocycles. The number of hydrogen-bond donors (Lipinski definition) is 1. The molecule has 3 rings (SSSR count). The van der Waals surface area contributed by atoms with Crippen molar-refractivity contribution in [3.63, 3.8) is 0 Å². The third kappa shape index (κ3) is 2.74. The van der Waals surface area contributed by atoms with Crippen molar-refractivity contribution < 1.29 is 4.79 Å². The summed E-state index contributed by atoms with van der Waals surface area (Å²) in [6.45, 7) is 3.99. The molecule has 1 amide bonds. The first kappa shape index (κ1) is 14.3. The van der Waals surface area contributed by atoms with E-state index in [0.29, 0.717) is 0 Å². The van der Waals surface area contributed by atoms with E-state index in [1.54, 1.807) is 0 Å². The molecule has 0 aliphatic heterocycles. The van der Waals surface area contributed by atoms with E-state index >= 15 is 0 Å². The largest absolute Gasteiger partial charge is 0.321 e. The molecule has 0 spiro atoms. The predicted octanol–water partition coefficient (Wildman–Crippen LogP) is 5.53. The predicted molar refractivity (Wildman–Crippen MR) is 93.4 cm³/mol. The number of nitrogens with one attached hydrogen (secondary N) is 1. The van der Waals surface area contributed by atoms with Crippen molar-refractivity contribution in [2.75, 3.05) is 5.32 Å². The fraction of sp³-hybridized carbons (Fsp3) is 0.118. The Hall–Kier alpha value is -1.65. The highest BCUT2D eigenvalue weighted by Gasteiger charge is 2.15. The zero-order chi connectivity index (χ0) is 15.0. The van der Waals surface area contributed by atoms with E-state index in [2.05, 4.69) is 33.4 Å². The van der Waals surface area contributed by atoms with Crippen LogP contribution in [0.2, 0.25) is 0 Å². The van der Waals surface area contributed by atoms with E-state index < -0.39 is 0 Å². The van der Waals surface area contributed by atoms with Gasteiger partial charge in [0, 0.05) is 14.9 Å². The van der Waals surface area contributed by atoms with Crippen LogP contribution < -0.4 is 5.32 Å². The monoisotopic (exact) mass is 359 g/mol. The van der Waals surface area contributed by atoms with Gasteiger partial charge in [0.2, 0.25) is 0 Å². The molecular formula is C17H14BrNOS. The van der Waals surface area contributed by atoms with Crippen LogP contribution in [0.5, 0.6) is 0 Å². The maximum atomic E-state index is 12.5. The number of fused-ring (bicyclic) bond motifs is 1. The fourth-order valence-electron chi connectivity index (χ4n) is 2.34. The molecular weight excluding hydrogens is 346 g/mol. The van der Waals surface area contributed by atoms with E-state index in [0.717, 1.165) is 36.3 Å². The Bertz CT molecular complexity index is 838. The van der Waals surface area contributed by atoms with Crippen LogP contribution in [0.25, 0.3) is 10.1 Å². The number of hydrogen-bond acceptors (Lipinski definition) is 2. The van der Waals surface area contributed by atoms with E-state index in [4.69, 9.17) is 0 Å². The maximum absolute atomic E-state index is 12.5. The summed E-state index contributed by atoms with van der Waals surface area (Å²) in [5.74, 6) is -0.0425. The van der Waals surface area contributed by atoms with Gasteiger partial charge in [-0.25, -0.2) is 0 Å². The molecule has 0 radical (unpaired) electrons. The van der Waals surface area contributed by atoms with Gasteiger partial charge < -0.3 is 5.32 Å². The standard InChI is InChI=1S/C17H14BrNOS/c1-10-9-12(18)7-8-14(10)19-17(20)16-11(2)13-5-3-4-6-15(13)21-16/h3-9H,1-2H3,(H,19,20). The Morgan fingerprint density at radius 1 is 1.14 bits per heavy atom. The van der Waals surface area contributed by atoms with E-state index in [1.807, 2.05) is 44.2 Å². The lowest BCUT2D eigenvalue weighted by Gasteiger charge is -2.08. The van der Waals surface area contributed by atoms with Crippen LogP contribution in [0.3, 0.4) is 0 Å². The first-order valence-corrected chi connectivity index (χ1v) is 8.23. The first-order chi connectivity index (χ1) is 10.1. The van der Waals surface area contributed by atoms with Crippen LogP contribution in [0, 0.1) is 13.8 Å². The van der Waals surface area contributed by atoms with Crippen molar-refractivity contribution >= 4 is 48.9 Å². The van der Waals surface area contributed by atoms with Gasteiger partial charge in [-0.3, -0.25) is 4.79 Å². The van der Waals surface area contributed by atoms with Gasteiger partial charge in [0.15, 0.2) is 0 Å². The van der Waals surface area contributed by atoms with Gasteiger partial charge in [0.1, 0.15) is 0 Å². The summed E-state index contributed by atoms with van der Waals surface area (Å²) in [4.78, 5) is 13.3. The Kier molecular flexibility index (Phi) is 3.83. The van der Waals surface area contributed by atoms with Crippen molar-refractivity contribution in [1.29, 1.82) is 0 Å². The van der Waals surface area contributed by atoms with Crippen LogP contribution in [0.15, 0.2) is 46.9 Å².